The van der Waals surface area contributed by atoms with Crippen LogP contribution < -0.4 is 10.2 Å². The van der Waals surface area contributed by atoms with Gasteiger partial charge in [-0.2, -0.15) is 0 Å². The van der Waals surface area contributed by atoms with Crippen molar-refractivity contribution in [2.45, 2.75) is 19.9 Å². The topological polar surface area (TPSA) is 69.6 Å². The molecular weight excluding hydrogens is 232 g/mol. The fourth-order valence-electron chi connectivity index (χ4n) is 1.51. The summed E-state index contributed by atoms with van der Waals surface area (Å²) in [5.41, 5.74) is 1.65. The Bertz CT molecular complexity index is 428. The van der Waals surface area contributed by atoms with Gasteiger partial charge in [-0.15, -0.1) is 0 Å². The van der Waals surface area contributed by atoms with Crippen LogP contribution in [-0.2, 0) is 9.59 Å². The molecule has 1 rings (SSSR count). The van der Waals surface area contributed by atoms with E-state index >= 15 is 0 Å². The second-order valence-electron chi connectivity index (χ2n) is 4.16. The number of carboxylic acid groups (broad SMARTS) is 1. The molecule has 0 bridgehead atoms. The minimum absolute atomic E-state index is 0.260. The van der Waals surface area contributed by atoms with Crippen molar-refractivity contribution >= 4 is 17.6 Å². The number of nitrogens with one attached hydrogen (secondary N) is 1. The zero-order valence-electron chi connectivity index (χ0n) is 10.8. The van der Waals surface area contributed by atoms with Gasteiger partial charge in [-0.3, -0.25) is 14.5 Å². The van der Waals surface area contributed by atoms with Gasteiger partial charge in [-0.1, -0.05) is 17.7 Å². The number of rotatable bonds is 5. The molecule has 2 N–H and O–H groups in total. The Labute approximate surface area is 106 Å². The first kappa shape index (κ1) is 14.2. The van der Waals surface area contributed by atoms with Crippen LogP contribution in [0.2, 0.25) is 0 Å². The van der Waals surface area contributed by atoms with Crippen molar-refractivity contribution in [1.29, 1.82) is 0 Å². The molecule has 0 aliphatic carbocycles. The van der Waals surface area contributed by atoms with Crippen LogP contribution in [0.3, 0.4) is 0 Å². The summed E-state index contributed by atoms with van der Waals surface area (Å²) in [6.45, 7) is 3.29. The maximum absolute atomic E-state index is 12.1. The minimum atomic E-state index is -1.03. The molecular formula is C13H18N2O3. The Morgan fingerprint density at radius 2 is 1.89 bits per heavy atom. The predicted molar refractivity (Wildman–Crippen MR) is 69.7 cm³/mol. The number of carbonyl (C=O) groups is 2. The third kappa shape index (κ3) is 3.56. The first-order valence-electron chi connectivity index (χ1n) is 5.72. The van der Waals surface area contributed by atoms with Crippen LogP contribution in [0.15, 0.2) is 24.3 Å². The highest BCUT2D eigenvalue weighted by molar-refractivity contribution is 6.00. The zero-order chi connectivity index (χ0) is 13.7. The molecule has 5 nitrogen and oxygen atoms in total. The smallest absolute Gasteiger partial charge is 0.323 e. The molecule has 1 atom stereocenters. The lowest BCUT2D eigenvalue weighted by molar-refractivity contribution is -0.136. The summed E-state index contributed by atoms with van der Waals surface area (Å²) in [4.78, 5) is 24.2. The van der Waals surface area contributed by atoms with E-state index in [0.29, 0.717) is 5.69 Å². The maximum atomic E-state index is 12.1. The molecule has 0 aliphatic rings. The van der Waals surface area contributed by atoms with Gasteiger partial charge in [0.25, 0.3) is 0 Å². The molecule has 0 fully saturated rings. The number of carboxylic acids is 1. The Morgan fingerprint density at radius 3 is 2.33 bits per heavy atom. The summed E-state index contributed by atoms with van der Waals surface area (Å²) < 4.78 is 0. The molecule has 0 heterocycles. The van der Waals surface area contributed by atoms with Crippen molar-refractivity contribution in [3.63, 3.8) is 0 Å². The summed E-state index contributed by atoms with van der Waals surface area (Å²) in [7, 11) is 1.66. The van der Waals surface area contributed by atoms with Crippen molar-refractivity contribution < 1.29 is 14.7 Å². The van der Waals surface area contributed by atoms with Gasteiger partial charge in [0, 0.05) is 5.69 Å². The average Bonchev–Trinajstić information content (AvgIpc) is 2.35. The van der Waals surface area contributed by atoms with E-state index in [-0.39, 0.29) is 12.5 Å². The van der Waals surface area contributed by atoms with E-state index in [1.165, 1.54) is 4.90 Å². The number of anilines is 1. The van der Waals surface area contributed by atoms with Crippen LogP contribution in [0.5, 0.6) is 0 Å². The van der Waals surface area contributed by atoms with Crippen LogP contribution in [0.1, 0.15) is 12.5 Å². The van der Waals surface area contributed by atoms with Crippen LogP contribution >= 0.6 is 0 Å². The normalized spacial score (nSPS) is 11.9. The molecule has 1 unspecified atom stereocenters. The highest BCUT2D eigenvalue weighted by Crippen LogP contribution is 2.16. The van der Waals surface area contributed by atoms with Gasteiger partial charge in [-0.25, -0.2) is 0 Å². The van der Waals surface area contributed by atoms with Crippen molar-refractivity contribution in [3.8, 4) is 0 Å². The number of nitrogens with zero attached hydrogens (tertiary/aromatic N) is 1. The molecule has 1 aromatic carbocycles. The molecule has 1 amide bonds. The average molecular weight is 250 g/mol. The van der Waals surface area contributed by atoms with Crippen molar-refractivity contribution in [1.82, 2.24) is 5.32 Å². The van der Waals surface area contributed by atoms with Gasteiger partial charge in [0.2, 0.25) is 5.91 Å². The van der Waals surface area contributed by atoms with Gasteiger partial charge in [0.15, 0.2) is 0 Å². The predicted octanol–water partition coefficient (Wildman–Crippen LogP) is 1.02. The summed E-state index contributed by atoms with van der Waals surface area (Å²) in [6.07, 6.45) is 0. The number of carbonyl (C=O) groups excluding carboxylic acids is 1. The molecule has 0 aliphatic heterocycles. The van der Waals surface area contributed by atoms with E-state index in [9.17, 15) is 9.59 Å². The van der Waals surface area contributed by atoms with Crippen molar-refractivity contribution in [2.24, 2.45) is 0 Å². The number of benzene rings is 1. The third-order valence-corrected chi connectivity index (χ3v) is 2.71. The number of amides is 1. The van der Waals surface area contributed by atoms with E-state index in [4.69, 9.17) is 5.11 Å². The van der Waals surface area contributed by atoms with Gasteiger partial charge in [0.1, 0.15) is 6.54 Å². The van der Waals surface area contributed by atoms with Gasteiger partial charge in [0.05, 0.1) is 6.04 Å². The van der Waals surface area contributed by atoms with Gasteiger partial charge < -0.3 is 10.4 Å². The lowest BCUT2D eigenvalue weighted by atomic mass is 10.2. The van der Waals surface area contributed by atoms with Crippen molar-refractivity contribution in [2.75, 3.05) is 18.5 Å². The van der Waals surface area contributed by atoms with E-state index in [2.05, 4.69) is 5.32 Å². The highest BCUT2D eigenvalue weighted by Gasteiger charge is 2.22. The number of aliphatic carboxylic acids is 1. The molecule has 1 aromatic rings. The molecule has 0 saturated heterocycles. The van der Waals surface area contributed by atoms with E-state index in [0.717, 1.165) is 5.56 Å². The first-order valence-corrected chi connectivity index (χ1v) is 5.72. The second-order valence-corrected chi connectivity index (χ2v) is 4.16. The Kier molecular flexibility index (Phi) is 4.85. The largest absolute Gasteiger partial charge is 0.480 e. The lowest BCUT2D eigenvalue weighted by Crippen LogP contribution is -2.46. The zero-order valence-corrected chi connectivity index (χ0v) is 10.8. The number of likely N-dealkylation sites (N-methyl/N-ethyl adjacent to an activating group) is 1. The molecule has 0 aromatic heterocycles. The van der Waals surface area contributed by atoms with Crippen molar-refractivity contribution in [3.05, 3.63) is 29.8 Å². The Balaban J connectivity index is 3.01. The maximum Gasteiger partial charge on any atom is 0.323 e. The molecule has 0 saturated carbocycles. The van der Waals surface area contributed by atoms with E-state index in [1.54, 1.807) is 26.1 Å². The molecule has 0 radical (unpaired) electrons. The van der Waals surface area contributed by atoms with Gasteiger partial charge >= 0.3 is 5.97 Å². The molecule has 18 heavy (non-hydrogen) atoms. The first-order chi connectivity index (χ1) is 8.45. The molecule has 5 heteroatoms. The fourth-order valence-corrected chi connectivity index (χ4v) is 1.51. The quantitative estimate of drug-likeness (QED) is 0.818. The summed E-state index contributed by atoms with van der Waals surface area (Å²) >= 11 is 0. The number of hydrogen-bond donors (Lipinski definition) is 2. The third-order valence-electron chi connectivity index (χ3n) is 2.71. The monoisotopic (exact) mass is 250 g/mol. The lowest BCUT2D eigenvalue weighted by Gasteiger charge is -2.24. The Morgan fingerprint density at radius 1 is 1.33 bits per heavy atom. The second kappa shape index (κ2) is 6.16. The fraction of sp³-hybridized carbons (Fsp3) is 0.385. The van der Waals surface area contributed by atoms with E-state index < -0.39 is 12.0 Å². The Hall–Kier alpha value is -1.88. The molecule has 0 spiro atoms. The summed E-state index contributed by atoms with van der Waals surface area (Å²) in [5.74, 6) is -1.30. The van der Waals surface area contributed by atoms with E-state index in [1.807, 2.05) is 19.1 Å². The van der Waals surface area contributed by atoms with Crippen LogP contribution in [0, 0.1) is 6.92 Å². The number of aryl methyl sites for hydroxylation is 1. The van der Waals surface area contributed by atoms with Crippen LogP contribution in [0.25, 0.3) is 0 Å². The SMILES string of the molecule is CNC(C)C(=O)N(CC(=O)O)c1ccc(C)cc1. The van der Waals surface area contributed by atoms with Crippen LogP contribution in [-0.4, -0.2) is 36.6 Å². The minimum Gasteiger partial charge on any atom is -0.480 e. The number of hydrogen-bond acceptors (Lipinski definition) is 3. The standard InChI is InChI=1S/C13H18N2O3/c1-9-4-6-11(7-5-9)15(8-12(16)17)13(18)10(2)14-3/h4-7,10,14H,8H2,1-3H3,(H,16,17). The van der Waals surface area contributed by atoms with Gasteiger partial charge in [-0.05, 0) is 33.0 Å². The summed E-state index contributed by atoms with van der Waals surface area (Å²) in [6, 6.07) is 6.77. The van der Waals surface area contributed by atoms with Crippen LogP contribution in [0.4, 0.5) is 5.69 Å². The molecule has 98 valence electrons. The summed E-state index contributed by atoms with van der Waals surface area (Å²) in [5, 5.41) is 11.7. The highest BCUT2D eigenvalue weighted by atomic mass is 16.4.